The van der Waals surface area contributed by atoms with Gasteiger partial charge in [0.25, 0.3) is 0 Å². The van der Waals surface area contributed by atoms with E-state index in [2.05, 4.69) is 16.4 Å². The average Bonchev–Trinajstić information content (AvgIpc) is 3.00. The molecule has 0 atom stereocenters. The molecule has 0 aliphatic rings. The molecule has 2 aromatic rings. The number of nitrogens with one attached hydrogen (secondary N) is 1. The Labute approximate surface area is 136 Å². The molecule has 0 saturated heterocycles. The first-order valence-electron chi connectivity index (χ1n) is 6.66. The molecule has 0 unspecified atom stereocenters. The molecule has 2 heterocycles. The summed E-state index contributed by atoms with van der Waals surface area (Å²) in [4.78, 5) is 28.0. The number of aliphatic carboxylic acids is 1. The number of hydrogen-bond donors (Lipinski definition) is 2. The molecule has 0 aromatic carbocycles. The molecule has 1 amide bonds. The standard InChI is InChI=1S/C15H16N2O3S2/c1-9-7-12(22-13(9)5-6-14(19)20)4-3-11-8-21-15(17-11)16-10(2)18/h5-8H,3-4H2,1-2H3,(H,19,20)(H,16,17,18)/b6-5+. The summed E-state index contributed by atoms with van der Waals surface area (Å²) in [5.74, 6) is -1.06. The van der Waals surface area contributed by atoms with Crippen molar-refractivity contribution in [1.82, 2.24) is 4.98 Å². The Kier molecular flexibility index (Phi) is 5.46. The molecule has 7 heteroatoms. The van der Waals surface area contributed by atoms with Gasteiger partial charge in [-0.2, -0.15) is 0 Å². The highest BCUT2D eigenvalue weighted by Gasteiger charge is 2.07. The number of nitrogens with zero attached hydrogens (tertiary/aromatic N) is 1. The van der Waals surface area contributed by atoms with E-state index in [-0.39, 0.29) is 5.91 Å². The second-order valence-electron chi connectivity index (χ2n) is 4.76. The smallest absolute Gasteiger partial charge is 0.328 e. The minimum atomic E-state index is -0.942. The number of thiophene rings is 1. The van der Waals surface area contributed by atoms with Gasteiger partial charge in [0.15, 0.2) is 5.13 Å². The van der Waals surface area contributed by atoms with Crippen molar-refractivity contribution in [3.05, 3.63) is 38.5 Å². The van der Waals surface area contributed by atoms with E-state index >= 15 is 0 Å². The van der Waals surface area contributed by atoms with Crippen LogP contribution < -0.4 is 5.32 Å². The van der Waals surface area contributed by atoms with Crippen molar-refractivity contribution in [2.24, 2.45) is 0 Å². The molecule has 22 heavy (non-hydrogen) atoms. The Balaban J connectivity index is 1.97. The van der Waals surface area contributed by atoms with E-state index in [4.69, 9.17) is 5.11 Å². The Morgan fingerprint density at radius 2 is 2.18 bits per heavy atom. The first kappa shape index (κ1) is 16.4. The summed E-state index contributed by atoms with van der Waals surface area (Å²) in [6.07, 6.45) is 4.42. The molecule has 5 nitrogen and oxygen atoms in total. The zero-order valence-corrected chi connectivity index (χ0v) is 13.9. The van der Waals surface area contributed by atoms with Crippen molar-refractivity contribution in [3.8, 4) is 0 Å². The van der Waals surface area contributed by atoms with E-state index in [1.54, 1.807) is 17.4 Å². The van der Waals surface area contributed by atoms with Crippen LogP contribution in [0, 0.1) is 6.92 Å². The monoisotopic (exact) mass is 336 g/mol. The van der Waals surface area contributed by atoms with Gasteiger partial charge in [0, 0.05) is 28.1 Å². The van der Waals surface area contributed by atoms with Crippen molar-refractivity contribution >= 4 is 45.8 Å². The predicted octanol–water partition coefficient (Wildman–Crippen LogP) is 3.35. The summed E-state index contributed by atoms with van der Waals surface area (Å²) in [5.41, 5.74) is 2.03. The van der Waals surface area contributed by atoms with Crippen LogP contribution in [0.5, 0.6) is 0 Å². The SMILES string of the molecule is CC(=O)Nc1nc(CCc2cc(C)c(/C=C/C(=O)O)s2)cs1. The van der Waals surface area contributed by atoms with Crippen molar-refractivity contribution in [1.29, 1.82) is 0 Å². The fourth-order valence-electron chi connectivity index (χ4n) is 1.88. The van der Waals surface area contributed by atoms with Gasteiger partial charge in [0.05, 0.1) is 5.69 Å². The molecule has 0 aliphatic carbocycles. The summed E-state index contributed by atoms with van der Waals surface area (Å²) >= 11 is 3.01. The summed E-state index contributed by atoms with van der Waals surface area (Å²) in [6.45, 7) is 3.43. The molecule has 116 valence electrons. The number of thiazole rings is 1. The second-order valence-corrected chi connectivity index (χ2v) is 6.78. The fraction of sp³-hybridized carbons (Fsp3) is 0.267. The number of rotatable bonds is 6. The average molecular weight is 336 g/mol. The van der Waals surface area contributed by atoms with Gasteiger partial charge in [-0.25, -0.2) is 9.78 Å². The molecule has 0 bridgehead atoms. The lowest BCUT2D eigenvalue weighted by molar-refractivity contribution is -0.131. The number of aromatic nitrogens is 1. The molecular formula is C15H16N2O3S2. The molecular weight excluding hydrogens is 320 g/mol. The number of amides is 1. The third-order valence-electron chi connectivity index (χ3n) is 2.85. The van der Waals surface area contributed by atoms with Crippen molar-refractivity contribution < 1.29 is 14.7 Å². The van der Waals surface area contributed by atoms with Gasteiger partial charge in [0.1, 0.15) is 0 Å². The van der Waals surface area contributed by atoms with Crippen LogP contribution in [0.1, 0.15) is 27.9 Å². The molecule has 0 saturated carbocycles. The Hall–Kier alpha value is -1.99. The molecule has 2 aromatic heterocycles. The van der Waals surface area contributed by atoms with Gasteiger partial charge in [-0.1, -0.05) is 0 Å². The van der Waals surface area contributed by atoms with Gasteiger partial charge in [-0.15, -0.1) is 22.7 Å². The number of carbonyl (C=O) groups is 2. The van der Waals surface area contributed by atoms with Crippen molar-refractivity contribution in [2.75, 3.05) is 5.32 Å². The third-order valence-corrected chi connectivity index (χ3v) is 4.92. The van der Waals surface area contributed by atoms with Crippen LogP contribution in [-0.4, -0.2) is 22.0 Å². The first-order chi connectivity index (χ1) is 10.4. The van der Waals surface area contributed by atoms with E-state index in [9.17, 15) is 9.59 Å². The number of hydrogen-bond acceptors (Lipinski definition) is 5. The predicted molar refractivity (Wildman–Crippen MR) is 89.6 cm³/mol. The Morgan fingerprint density at radius 3 is 2.86 bits per heavy atom. The van der Waals surface area contributed by atoms with Gasteiger partial charge >= 0.3 is 5.97 Å². The summed E-state index contributed by atoms with van der Waals surface area (Å²) in [6, 6.07) is 2.08. The van der Waals surface area contributed by atoms with E-state index < -0.39 is 5.97 Å². The molecule has 2 N–H and O–H groups in total. The largest absolute Gasteiger partial charge is 0.478 e. The van der Waals surface area contributed by atoms with Crippen LogP contribution in [-0.2, 0) is 22.4 Å². The normalized spacial score (nSPS) is 11.0. The van der Waals surface area contributed by atoms with Crippen molar-refractivity contribution in [2.45, 2.75) is 26.7 Å². The van der Waals surface area contributed by atoms with Gasteiger partial charge < -0.3 is 10.4 Å². The van der Waals surface area contributed by atoms with E-state index in [0.29, 0.717) is 5.13 Å². The zero-order valence-electron chi connectivity index (χ0n) is 12.3. The quantitative estimate of drug-likeness (QED) is 0.793. The molecule has 0 aliphatic heterocycles. The van der Waals surface area contributed by atoms with Crippen LogP contribution in [0.25, 0.3) is 6.08 Å². The highest BCUT2D eigenvalue weighted by molar-refractivity contribution is 7.14. The summed E-state index contributed by atoms with van der Waals surface area (Å²) in [5, 5.41) is 13.9. The summed E-state index contributed by atoms with van der Waals surface area (Å²) in [7, 11) is 0. The minimum absolute atomic E-state index is 0.121. The van der Waals surface area contributed by atoms with Crippen LogP contribution in [0.3, 0.4) is 0 Å². The maximum Gasteiger partial charge on any atom is 0.328 e. The fourth-order valence-corrected chi connectivity index (χ4v) is 3.75. The van der Waals surface area contributed by atoms with Crippen LogP contribution in [0.2, 0.25) is 0 Å². The van der Waals surface area contributed by atoms with Gasteiger partial charge in [0.2, 0.25) is 5.91 Å². The number of anilines is 1. The van der Waals surface area contributed by atoms with E-state index in [1.807, 2.05) is 12.3 Å². The number of carboxylic acid groups (broad SMARTS) is 1. The summed E-state index contributed by atoms with van der Waals surface area (Å²) < 4.78 is 0. The molecule has 0 spiro atoms. The van der Waals surface area contributed by atoms with Crippen LogP contribution in [0.4, 0.5) is 5.13 Å². The van der Waals surface area contributed by atoms with E-state index in [1.165, 1.54) is 23.1 Å². The van der Waals surface area contributed by atoms with Crippen LogP contribution >= 0.6 is 22.7 Å². The Bertz CT molecular complexity index is 716. The van der Waals surface area contributed by atoms with Gasteiger partial charge in [-0.05, 0) is 37.5 Å². The molecule has 0 radical (unpaired) electrons. The van der Waals surface area contributed by atoms with Gasteiger partial charge in [-0.3, -0.25) is 4.79 Å². The third kappa shape index (κ3) is 4.78. The molecule has 0 fully saturated rings. The molecule has 2 rings (SSSR count). The maximum absolute atomic E-state index is 11.0. The van der Waals surface area contributed by atoms with E-state index in [0.717, 1.165) is 35.1 Å². The van der Waals surface area contributed by atoms with Crippen molar-refractivity contribution in [3.63, 3.8) is 0 Å². The second kappa shape index (κ2) is 7.33. The van der Waals surface area contributed by atoms with Crippen LogP contribution in [0.15, 0.2) is 17.5 Å². The number of carbonyl (C=O) groups excluding carboxylic acids is 1. The first-order valence-corrected chi connectivity index (χ1v) is 8.36. The lowest BCUT2D eigenvalue weighted by atomic mass is 10.2. The number of aryl methyl sites for hydroxylation is 3. The zero-order chi connectivity index (χ0) is 16.1. The highest BCUT2D eigenvalue weighted by Crippen LogP contribution is 2.25. The Morgan fingerprint density at radius 1 is 1.41 bits per heavy atom. The lowest BCUT2D eigenvalue weighted by Crippen LogP contribution is -2.05. The topological polar surface area (TPSA) is 79.3 Å². The maximum atomic E-state index is 11.0. The lowest BCUT2D eigenvalue weighted by Gasteiger charge is -1.95. The highest BCUT2D eigenvalue weighted by atomic mass is 32.1. The minimum Gasteiger partial charge on any atom is -0.478 e. The number of carboxylic acids is 1.